The lowest BCUT2D eigenvalue weighted by molar-refractivity contribution is 0.414. The van der Waals surface area contributed by atoms with Crippen molar-refractivity contribution in [3.8, 4) is 57.1 Å². The molecule has 0 saturated carbocycles. The summed E-state index contributed by atoms with van der Waals surface area (Å²) >= 11 is 0. The van der Waals surface area contributed by atoms with Crippen LogP contribution in [0.2, 0.25) is 0 Å². The average Bonchev–Trinajstić information content (AvgIpc) is 3.55. The van der Waals surface area contributed by atoms with Gasteiger partial charge in [-0.3, -0.25) is 0 Å². The predicted molar refractivity (Wildman–Crippen MR) is 121 cm³/mol. The van der Waals surface area contributed by atoms with E-state index in [4.69, 9.17) is 18.3 Å². The second-order valence-corrected chi connectivity index (χ2v) is 7.09. The molecule has 0 saturated heterocycles. The molecule has 6 nitrogen and oxygen atoms in total. The Kier molecular flexibility index (Phi) is 5.17. The molecular weight excluding hydrogens is 404 g/mol. The van der Waals surface area contributed by atoms with E-state index in [0.29, 0.717) is 23.3 Å². The quantitative estimate of drug-likeness (QED) is 0.316. The third kappa shape index (κ3) is 3.86. The van der Waals surface area contributed by atoms with Gasteiger partial charge < -0.3 is 18.3 Å². The van der Waals surface area contributed by atoms with Crippen molar-refractivity contribution in [1.82, 2.24) is 9.97 Å². The topological polar surface area (TPSA) is 70.5 Å². The number of methoxy groups -OCH3 is 2. The van der Waals surface area contributed by atoms with Crippen LogP contribution in [-0.4, -0.2) is 24.2 Å². The van der Waals surface area contributed by atoms with E-state index in [2.05, 4.69) is 9.97 Å². The van der Waals surface area contributed by atoms with Gasteiger partial charge >= 0.3 is 0 Å². The zero-order valence-electron chi connectivity index (χ0n) is 17.6. The first-order valence-corrected chi connectivity index (χ1v) is 10.0. The third-order valence-electron chi connectivity index (χ3n) is 5.14. The lowest BCUT2D eigenvalue weighted by Gasteiger charge is -2.01. The van der Waals surface area contributed by atoms with Crippen LogP contribution in [0.25, 0.3) is 45.6 Å². The van der Waals surface area contributed by atoms with Crippen LogP contribution in [-0.2, 0) is 0 Å². The Morgan fingerprint density at radius 2 is 0.844 bits per heavy atom. The summed E-state index contributed by atoms with van der Waals surface area (Å²) in [6, 6.07) is 23.1. The standard InChI is InChI=1S/C26H20N2O4/c1-29-21-11-7-17(8-12-21)23-15-27-25(31-23)19-3-5-20(6-4-19)26-28-16-24(32-26)18-9-13-22(30-2)14-10-18/h3-16H,1-2H3. The maximum Gasteiger partial charge on any atom is 0.226 e. The van der Waals surface area contributed by atoms with E-state index in [-0.39, 0.29) is 0 Å². The van der Waals surface area contributed by atoms with Crippen LogP contribution < -0.4 is 9.47 Å². The van der Waals surface area contributed by atoms with E-state index in [0.717, 1.165) is 33.8 Å². The van der Waals surface area contributed by atoms with E-state index in [1.54, 1.807) is 26.6 Å². The van der Waals surface area contributed by atoms with Crippen molar-refractivity contribution >= 4 is 0 Å². The van der Waals surface area contributed by atoms with Crippen LogP contribution in [0.4, 0.5) is 0 Å². The fourth-order valence-corrected chi connectivity index (χ4v) is 3.35. The summed E-state index contributed by atoms with van der Waals surface area (Å²) in [6.45, 7) is 0. The fraction of sp³-hybridized carbons (Fsp3) is 0.0769. The summed E-state index contributed by atoms with van der Waals surface area (Å²) < 4.78 is 22.3. The van der Waals surface area contributed by atoms with Crippen LogP contribution in [0.15, 0.2) is 94.0 Å². The van der Waals surface area contributed by atoms with Crippen LogP contribution in [0.5, 0.6) is 11.5 Å². The lowest BCUT2D eigenvalue weighted by atomic mass is 10.1. The molecule has 5 rings (SSSR count). The van der Waals surface area contributed by atoms with Crippen LogP contribution in [0.1, 0.15) is 0 Å². The van der Waals surface area contributed by atoms with Gasteiger partial charge in [-0.25, -0.2) is 9.97 Å². The van der Waals surface area contributed by atoms with Crippen molar-refractivity contribution in [1.29, 1.82) is 0 Å². The highest BCUT2D eigenvalue weighted by Gasteiger charge is 2.12. The SMILES string of the molecule is COc1ccc(-c2cnc(-c3ccc(-c4ncc(-c5ccc(OC)cc5)o4)cc3)o2)cc1. The van der Waals surface area contributed by atoms with Crippen molar-refractivity contribution in [2.45, 2.75) is 0 Å². The molecule has 0 fully saturated rings. The second-order valence-electron chi connectivity index (χ2n) is 7.09. The monoisotopic (exact) mass is 424 g/mol. The summed E-state index contributed by atoms with van der Waals surface area (Å²) in [4.78, 5) is 8.84. The molecule has 0 spiro atoms. The van der Waals surface area contributed by atoms with Gasteiger partial charge in [-0.1, -0.05) is 0 Å². The first-order valence-electron chi connectivity index (χ1n) is 10.0. The Bertz CT molecular complexity index is 1210. The first-order chi connectivity index (χ1) is 15.7. The largest absolute Gasteiger partial charge is 0.497 e. The Morgan fingerprint density at radius 3 is 1.19 bits per heavy atom. The zero-order chi connectivity index (χ0) is 21.9. The Hall–Kier alpha value is -4.32. The van der Waals surface area contributed by atoms with Crippen LogP contribution in [0.3, 0.4) is 0 Å². The molecule has 0 aliphatic heterocycles. The van der Waals surface area contributed by atoms with E-state index >= 15 is 0 Å². The highest BCUT2D eigenvalue weighted by molar-refractivity contribution is 5.66. The summed E-state index contributed by atoms with van der Waals surface area (Å²) in [7, 11) is 3.28. The minimum absolute atomic E-state index is 0.550. The minimum Gasteiger partial charge on any atom is -0.497 e. The number of aromatic nitrogens is 2. The molecule has 0 unspecified atom stereocenters. The van der Waals surface area contributed by atoms with Gasteiger partial charge in [0.2, 0.25) is 11.8 Å². The molecule has 0 bridgehead atoms. The molecule has 2 aromatic heterocycles. The first kappa shape index (κ1) is 19.6. The zero-order valence-corrected chi connectivity index (χ0v) is 17.6. The number of hydrogen-bond donors (Lipinski definition) is 0. The molecule has 5 aromatic rings. The number of benzene rings is 3. The van der Waals surface area contributed by atoms with Gasteiger partial charge in [0.15, 0.2) is 11.5 Å². The third-order valence-corrected chi connectivity index (χ3v) is 5.14. The second kappa shape index (κ2) is 8.43. The summed E-state index contributed by atoms with van der Waals surface area (Å²) in [5, 5.41) is 0. The van der Waals surface area contributed by atoms with E-state index in [9.17, 15) is 0 Å². The summed E-state index contributed by atoms with van der Waals surface area (Å²) in [5.41, 5.74) is 3.62. The van der Waals surface area contributed by atoms with Crippen LogP contribution >= 0.6 is 0 Å². The van der Waals surface area contributed by atoms with Gasteiger partial charge in [-0.05, 0) is 72.8 Å². The number of nitrogens with zero attached hydrogens (tertiary/aromatic N) is 2. The van der Waals surface area contributed by atoms with Crippen molar-refractivity contribution < 1.29 is 18.3 Å². The van der Waals surface area contributed by atoms with Gasteiger partial charge in [0.05, 0.1) is 26.6 Å². The molecule has 3 aromatic carbocycles. The van der Waals surface area contributed by atoms with Gasteiger partial charge in [0.1, 0.15) is 11.5 Å². The summed E-state index contributed by atoms with van der Waals surface area (Å²) in [5.74, 6) is 4.09. The molecular formula is C26H20N2O4. The molecule has 158 valence electrons. The molecule has 0 aliphatic carbocycles. The average molecular weight is 424 g/mol. The van der Waals surface area contributed by atoms with Crippen molar-refractivity contribution in [3.05, 3.63) is 85.2 Å². The fourth-order valence-electron chi connectivity index (χ4n) is 3.35. The molecule has 0 aliphatic rings. The van der Waals surface area contributed by atoms with Gasteiger partial charge in [0, 0.05) is 22.3 Å². The van der Waals surface area contributed by atoms with Crippen molar-refractivity contribution in [2.24, 2.45) is 0 Å². The minimum atomic E-state index is 0.550. The molecule has 32 heavy (non-hydrogen) atoms. The maximum absolute atomic E-state index is 5.95. The molecule has 0 amide bonds. The number of rotatable bonds is 6. The molecule has 0 radical (unpaired) electrons. The van der Waals surface area contributed by atoms with Gasteiger partial charge in [-0.2, -0.15) is 0 Å². The Balaban J connectivity index is 1.34. The van der Waals surface area contributed by atoms with E-state index < -0.39 is 0 Å². The van der Waals surface area contributed by atoms with E-state index in [1.807, 2.05) is 72.8 Å². The highest BCUT2D eigenvalue weighted by Crippen LogP contribution is 2.30. The van der Waals surface area contributed by atoms with Crippen molar-refractivity contribution in [2.75, 3.05) is 14.2 Å². The maximum atomic E-state index is 5.95. The smallest absolute Gasteiger partial charge is 0.226 e. The van der Waals surface area contributed by atoms with Crippen LogP contribution in [0, 0.1) is 0 Å². The molecule has 6 heteroatoms. The van der Waals surface area contributed by atoms with Crippen molar-refractivity contribution in [3.63, 3.8) is 0 Å². The predicted octanol–water partition coefficient (Wildman–Crippen LogP) is 6.35. The lowest BCUT2D eigenvalue weighted by Crippen LogP contribution is -1.81. The Morgan fingerprint density at radius 1 is 0.500 bits per heavy atom. The number of ether oxygens (including phenoxy) is 2. The molecule has 2 heterocycles. The molecule has 0 N–H and O–H groups in total. The number of hydrogen-bond acceptors (Lipinski definition) is 6. The normalized spacial score (nSPS) is 10.8. The summed E-state index contributed by atoms with van der Waals surface area (Å²) in [6.07, 6.45) is 3.44. The van der Waals surface area contributed by atoms with Gasteiger partial charge in [0.25, 0.3) is 0 Å². The highest BCUT2D eigenvalue weighted by atomic mass is 16.5. The molecule has 0 atom stereocenters. The van der Waals surface area contributed by atoms with Gasteiger partial charge in [-0.15, -0.1) is 0 Å². The van der Waals surface area contributed by atoms with E-state index in [1.165, 1.54) is 0 Å². The Labute approximate surface area is 185 Å². The number of oxazole rings is 2.